The van der Waals surface area contributed by atoms with Gasteiger partial charge < -0.3 is 5.73 Å². The van der Waals surface area contributed by atoms with E-state index in [4.69, 9.17) is 5.73 Å². The monoisotopic (exact) mass is 536 g/mol. The number of rotatable bonds is 5. The quantitative estimate of drug-likeness (QED) is 0.353. The number of nitrogens with two attached hydrogens (primary N) is 1. The molecule has 2 N–H and O–H groups in total. The molecule has 3 heterocycles. The van der Waals surface area contributed by atoms with Crippen molar-refractivity contribution in [2.45, 2.75) is 24.3 Å². The molecule has 6 rings (SSSR count). The van der Waals surface area contributed by atoms with Crippen molar-refractivity contribution < 1.29 is 18.0 Å². The summed E-state index contributed by atoms with van der Waals surface area (Å²) in [6, 6.07) is 23.1. The van der Waals surface area contributed by atoms with E-state index in [1.54, 1.807) is 54.9 Å². The van der Waals surface area contributed by atoms with Crippen molar-refractivity contribution >= 4 is 38.4 Å². The van der Waals surface area contributed by atoms with E-state index in [9.17, 15) is 18.0 Å². The summed E-state index contributed by atoms with van der Waals surface area (Å²) >= 11 is 0. The van der Waals surface area contributed by atoms with Crippen LogP contribution in [0.5, 0.6) is 0 Å². The molecule has 1 amide bonds. The number of pyridine rings is 1. The number of aryl methyl sites for hydroxylation is 1. The minimum atomic E-state index is -4.12. The molecular formula is C30H24N4O4S. The molecule has 1 atom stereocenters. The minimum Gasteiger partial charge on any atom is -0.364 e. The summed E-state index contributed by atoms with van der Waals surface area (Å²) in [5.41, 5.74) is 9.93. The first-order chi connectivity index (χ1) is 18.8. The molecule has 5 aromatic rings. The Morgan fingerprint density at radius 2 is 1.64 bits per heavy atom. The second kappa shape index (κ2) is 9.21. The van der Waals surface area contributed by atoms with Crippen LogP contribution in [0.25, 0.3) is 22.0 Å². The van der Waals surface area contributed by atoms with Crippen molar-refractivity contribution in [1.29, 1.82) is 0 Å². The van der Waals surface area contributed by atoms with Crippen molar-refractivity contribution in [2.24, 2.45) is 5.73 Å². The molecule has 194 valence electrons. The van der Waals surface area contributed by atoms with Crippen LogP contribution in [-0.4, -0.2) is 35.8 Å². The molecule has 1 unspecified atom stereocenters. The fourth-order valence-corrected chi connectivity index (χ4v) is 6.89. The highest BCUT2D eigenvalue weighted by Crippen LogP contribution is 2.39. The van der Waals surface area contributed by atoms with Crippen LogP contribution in [0.3, 0.4) is 0 Å². The van der Waals surface area contributed by atoms with Gasteiger partial charge in [-0.25, -0.2) is 8.42 Å². The van der Waals surface area contributed by atoms with Crippen LogP contribution < -0.4 is 10.0 Å². The van der Waals surface area contributed by atoms with Gasteiger partial charge in [0, 0.05) is 24.2 Å². The van der Waals surface area contributed by atoms with Gasteiger partial charge in [0.1, 0.15) is 11.7 Å². The minimum absolute atomic E-state index is 0.0138. The summed E-state index contributed by atoms with van der Waals surface area (Å²) in [4.78, 5) is 31.1. The summed E-state index contributed by atoms with van der Waals surface area (Å²) in [6.07, 6.45) is 3.48. The topological polar surface area (TPSA) is 115 Å². The van der Waals surface area contributed by atoms with Gasteiger partial charge in [-0.2, -0.15) is 0 Å². The van der Waals surface area contributed by atoms with E-state index in [0.717, 1.165) is 22.3 Å². The standard InChI is InChI=1S/C30H24N4O4S/c1-19-9-11-22(12-10-19)39(37,38)34-25-7-3-2-5-21(25)17-28(34)30(36)33-26-8-4-6-23(20-13-15-32-16-14-20)24(26)18-27(33)29(31)35/h2-16,18,28H,17H2,1H3,(H2,31,35). The first-order valence-corrected chi connectivity index (χ1v) is 13.8. The summed E-state index contributed by atoms with van der Waals surface area (Å²) in [5.74, 6) is -1.35. The van der Waals surface area contributed by atoms with Gasteiger partial charge in [-0.15, -0.1) is 0 Å². The highest BCUT2D eigenvalue weighted by Gasteiger charge is 2.43. The lowest BCUT2D eigenvalue weighted by molar-refractivity contribution is 0.0868. The number of hydrogen-bond donors (Lipinski definition) is 1. The van der Waals surface area contributed by atoms with E-state index in [-0.39, 0.29) is 17.0 Å². The predicted octanol–water partition coefficient (Wildman–Crippen LogP) is 4.57. The molecule has 8 nitrogen and oxygen atoms in total. The fraction of sp³-hybridized carbons (Fsp3) is 0.100. The zero-order valence-corrected chi connectivity index (χ0v) is 21.8. The maximum Gasteiger partial charge on any atom is 0.265 e. The number of sulfonamides is 1. The number of carbonyl (C=O) groups is 2. The first kappa shape index (κ1) is 24.6. The van der Waals surface area contributed by atoms with Crippen molar-refractivity contribution in [3.05, 3.63) is 114 Å². The molecule has 1 aliphatic heterocycles. The summed E-state index contributed by atoms with van der Waals surface area (Å²) in [7, 11) is -4.12. The third kappa shape index (κ3) is 3.98. The van der Waals surface area contributed by atoms with E-state index >= 15 is 0 Å². The Kier molecular flexibility index (Phi) is 5.80. The molecule has 3 aromatic carbocycles. The Hall–Kier alpha value is -4.76. The van der Waals surface area contributed by atoms with Crippen molar-refractivity contribution in [1.82, 2.24) is 9.55 Å². The van der Waals surface area contributed by atoms with E-state index < -0.39 is 27.9 Å². The summed E-state index contributed by atoms with van der Waals surface area (Å²) < 4.78 is 30.4. The predicted molar refractivity (Wildman–Crippen MR) is 149 cm³/mol. The number of aromatic nitrogens is 2. The van der Waals surface area contributed by atoms with Crippen LogP contribution in [-0.2, 0) is 16.4 Å². The lowest BCUT2D eigenvalue weighted by Gasteiger charge is -2.27. The normalized spacial score (nSPS) is 14.9. The summed E-state index contributed by atoms with van der Waals surface area (Å²) in [5, 5.41) is 0.648. The number of nitrogens with zero attached hydrogens (tertiary/aromatic N) is 3. The molecule has 0 aliphatic carbocycles. The van der Waals surface area contributed by atoms with Crippen LogP contribution in [0.2, 0.25) is 0 Å². The molecule has 0 saturated carbocycles. The van der Waals surface area contributed by atoms with Crippen LogP contribution in [0.15, 0.2) is 102 Å². The van der Waals surface area contributed by atoms with Crippen LogP contribution in [0.4, 0.5) is 5.69 Å². The third-order valence-electron chi connectivity index (χ3n) is 7.10. The van der Waals surface area contributed by atoms with E-state index in [1.165, 1.54) is 21.0 Å². The van der Waals surface area contributed by atoms with E-state index in [0.29, 0.717) is 16.6 Å². The van der Waals surface area contributed by atoms with Gasteiger partial charge in [-0.1, -0.05) is 48.0 Å². The van der Waals surface area contributed by atoms with Crippen LogP contribution in [0, 0.1) is 6.92 Å². The van der Waals surface area contributed by atoms with E-state index in [1.807, 2.05) is 37.3 Å². The number of amides is 1. The number of benzene rings is 3. The van der Waals surface area contributed by atoms with Gasteiger partial charge in [0.05, 0.1) is 16.1 Å². The smallest absolute Gasteiger partial charge is 0.265 e. The Morgan fingerprint density at radius 1 is 0.923 bits per heavy atom. The van der Waals surface area contributed by atoms with Crippen LogP contribution in [0.1, 0.15) is 26.4 Å². The van der Waals surface area contributed by atoms with Crippen molar-refractivity contribution in [3.8, 4) is 11.1 Å². The summed E-state index contributed by atoms with van der Waals surface area (Å²) in [6.45, 7) is 1.87. The molecule has 0 spiro atoms. The average Bonchev–Trinajstić information content (AvgIpc) is 3.53. The number of primary amides is 1. The van der Waals surface area contributed by atoms with Gasteiger partial charge in [0.15, 0.2) is 0 Å². The average molecular weight is 537 g/mol. The lowest BCUT2D eigenvalue weighted by atomic mass is 10.0. The zero-order chi connectivity index (χ0) is 27.3. The van der Waals surface area contributed by atoms with E-state index in [2.05, 4.69) is 4.98 Å². The van der Waals surface area contributed by atoms with Gasteiger partial charge >= 0.3 is 0 Å². The second-order valence-electron chi connectivity index (χ2n) is 9.50. The largest absolute Gasteiger partial charge is 0.364 e. The zero-order valence-electron chi connectivity index (χ0n) is 21.0. The number of fused-ring (bicyclic) bond motifs is 2. The highest BCUT2D eigenvalue weighted by molar-refractivity contribution is 7.93. The third-order valence-corrected chi connectivity index (χ3v) is 8.94. The molecule has 0 fully saturated rings. The maximum absolute atomic E-state index is 14.3. The van der Waals surface area contributed by atoms with Gasteiger partial charge in [-0.3, -0.25) is 23.4 Å². The fourth-order valence-electron chi connectivity index (χ4n) is 5.25. The van der Waals surface area contributed by atoms with Gasteiger partial charge in [-0.05, 0) is 66.1 Å². The number of anilines is 1. The van der Waals surface area contributed by atoms with Crippen molar-refractivity contribution in [2.75, 3.05) is 4.31 Å². The lowest BCUT2D eigenvalue weighted by Crippen LogP contribution is -2.45. The van der Waals surface area contributed by atoms with Gasteiger partial charge in [0.25, 0.3) is 21.8 Å². The SMILES string of the molecule is Cc1ccc(S(=O)(=O)N2c3ccccc3CC2C(=O)n2c(C(N)=O)cc3c(-c4ccncc4)cccc32)cc1. The first-order valence-electron chi connectivity index (χ1n) is 12.4. The Labute approximate surface area is 225 Å². The molecule has 0 bridgehead atoms. The van der Waals surface area contributed by atoms with Gasteiger partial charge in [0.2, 0.25) is 0 Å². The Bertz CT molecular complexity index is 1860. The molecule has 0 radical (unpaired) electrons. The molecule has 0 saturated heterocycles. The van der Waals surface area contributed by atoms with Crippen LogP contribution >= 0.6 is 0 Å². The second-order valence-corrected chi connectivity index (χ2v) is 11.3. The molecule has 1 aliphatic rings. The molecule has 9 heteroatoms. The number of para-hydroxylation sites is 1. The maximum atomic E-state index is 14.3. The van der Waals surface area contributed by atoms with Crippen molar-refractivity contribution in [3.63, 3.8) is 0 Å². The highest BCUT2D eigenvalue weighted by atomic mass is 32.2. The Morgan fingerprint density at radius 3 is 2.36 bits per heavy atom. The molecule has 2 aromatic heterocycles. The Balaban J connectivity index is 1.54. The number of carbonyl (C=O) groups excluding carboxylic acids is 2. The number of hydrogen-bond acceptors (Lipinski definition) is 5. The molecular weight excluding hydrogens is 512 g/mol. The molecule has 39 heavy (non-hydrogen) atoms.